The second-order valence-corrected chi connectivity index (χ2v) is 4.90. The van der Waals surface area contributed by atoms with Crippen LogP contribution in [0.2, 0.25) is 0 Å². The molecule has 16 heavy (non-hydrogen) atoms. The zero-order valence-electron chi connectivity index (χ0n) is 10.3. The molecule has 0 amide bonds. The lowest BCUT2D eigenvalue weighted by Gasteiger charge is -2.20. The van der Waals surface area contributed by atoms with Crippen LogP contribution in [0, 0.1) is 5.92 Å². The maximum absolute atomic E-state index is 3.44. The summed E-state index contributed by atoms with van der Waals surface area (Å²) in [5.41, 5.74) is 1.42. The van der Waals surface area contributed by atoms with Gasteiger partial charge in [0.1, 0.15) is 0 Å². The van der Waals surface area contributed by atoms with Crippen LogP contribution in [0.4, 0.5) is 0 Å². The van der Waals surface area contributed by atoms with Gasteiger partial charge >= 0.3 is 0 Å². The summed E-state index contributed by atoms with van der Waals surface area (Å²) in [5.74, 6) is 0.850. The van der Waals surface area contributed by atoms with Gasteiger partial charge in [0.25, 0.3) is 0 Å². The molecule has 1 aliphatic rings. The highest BCUT2D eigenvalue weighted by molar-refractivity contribution is 5.18. The maximum atomic E-state index is 3.44. The number of hydrogen-bond donors (Lipinski definition) is 1. The average Bonchev–Trinajstić information content (AvgIpc) is 2.73. The third kappa shape index (κ3) is 2.83. The number of hydrogen-bond acceptors (Lipinski definition) is 2. The monoisotopic (exact) mass is 218 g/mol. The summed E-state index contributed by atoms with van der Waals surface area (Å²) in [4.78, 5) is 2.43. The molecule has 0 bridgehead atoms. The topological polar surface area (TPSA) is 15.3 Å². The number of likely N-dealkylation sites (tertiary alicyclic amines) is 1. The van der Waals surface area contributed by atoms with E-state index in [1.165, 1.54) is 31.5 Å². The predicted molar refractivity (Wildman–Crippen MR) is 68.5 cm³/mol. The molecule has 88 valence electrons. The molecule has 2 heteroatoms. The van der Waals surface area contributed by atoms with E-state index >= 15 is 0 Å². The molecule has 0 saturated carbocycles. The molecule has 0 spiro atoms. The Kier molecular flexibility index (Phi) is 3.97. The van der Waals surface area contributed by atoms with Gasteiger partial charge in [-0.05, 0) is 45.0 Å². The van der Waals surface area contributed by atoms with Crippen LogP contribution in [0.1, 0.15) is 24.4 Å². The third-order valence-electron chi connectivity index (χ3n) is 3.61. The molecule has 1 fully saturated rings. The predicted octanol–water partition coefficient (Wildman–Crippen LogP) is 2.29. The number of benzene rings is 1. The zero-order chi connectivity index (χ0) is 11.4. The number of nitrogens with one attached hydrogen (secondary N) is 1. The van der Waals surface area contributed by atoms with Gasteiger partial charge in [-0.25, -0.2) is 0 Å². The fraction of sp³-hybridized carbons (Fsp3) is 0.571. The molecule has 1 aromatic carbocycles. The third-order valence-corrected chi connectivity index (χ3v) is 3.61. The van der Waals surface area contributed by atoms with Gasteiger partial charge in [0.15, 0.2) is 0 Å². The molecule has 0 aliphatic carbocycles. The average molecular weight is 218 g/mol. The van der Waals surface area contributed by atoms with E-state index in [2.05, 4.69) is 54.6 Å². The van der Waals surface area contributed by atoms with Gasteiger partial charge < -0.3 is 10.2 Å². The molecular weight excluding hydrogens is 196 g/mol. The second-order valence-electron chi connectivity index (χ2n) is 4.90. The smallest absolute Gasteiger partial charge is 0.0320 e. The van der Waals surface area contributed by atoms with Crippen LogP contribution in [0.3, 0.4) is 0 Å². The fourth-order valence-corrected chi connectivity index (χ4v) is 2.66. The molecule has 1 aromatic rings. The van der Waals surface area contributed by atoms with Crippen molar-refractivity contribution in [2.45, 2.75) is 18.9 Å². The van der Waals surface area contributed by atoms with Crippen molar-refractivity contribution >= 4 is 0 Å². The Morgan fingerprint density at radius 3 is 2.69 bits per heavy atom. The van der Waals surface area contributed by atoms with Crippen LogP contribution in [0.25, 0.3) is 0 Å². The molecule has 2 unspecified atom stereocenters. The summed E-state index contributed by atoms with van der Waals surface area (Å²) >= 11 is 0. The molecule has 2 atom stereocenters. The van der Waals surface area contributed by atoms with Crippen molar-refractivity contribution in [1.82, 2.24) is 10.2 Å². The van der Waals surface area contributed by atoms with E-state index in [9.17, 15) is 0 Å². The lowest BCUT2D eigenvalue weighted by atomic mass is 9.94. The minimum Gasteiger partial charge on any atom is -0.313 e. The Morgan fingerprint density at radius 1 is 1.38 bits per heavy atom. The van der Waals surface area contributed by atoms with Crippen molar-refractivity contribution in [3.05, 3.63) is 35.9 Å². The van der Waals surface area contributed by atoms with Gasteiger partial charge in [0, 0.05) is 12.6 Å². The molecule has 0 aromatic heterocycles. The first-order chi connectivity index (χ1) is 7.79. The van der Waals surface area contributed by atoms with Crippen LogP contribution in [0.15, 0.2) is 30.3 Å². The molecule has 1 N–H and O–H groups in total. The van der Waals surface area contributed by atoms with Crippen molar-refractivity contribution in [3.63, 3.8) is 0 Å². The summed E-state index contributed by atoms with van der Waals surface area (Å²) in [6.07, 6.45) is 2.60. The standard InChI is InChI=1S/C14H22N2/c1-15-14(13-6-4-3-5-7-13)10-12-8-9-16(2)11-12/h3-7,12,14-15H,8-11H2,1-2H3. The Balaban J connectivity index is 1.96. The largest absolute Gasteiger partial charge is 0.313 e. The Labute approximate surface area is 98.7 Å². The Morgan fingerprint density at radius 2 is 2.12 bits per heavy atom. The lowest BCUT2D eigenvalue weighted by Crippen LogP contribution is -2.21. The molecule has 2 rings (SSSR count). The van der Waals surface area contributed by atoms with Gasteiger partial charge in [-0.2, -0.15) is 0 Å². The molecular formula is C14H22N2. The molecule has 0 radical (unpaired) electrons. The lowest BCUT2D eigenvalue weighted by molar-refractivity contribution is 0.366. The van der Waals surface area contributed by atoms with Crippen LogP contribution in [-0.2, 0) is 0 Å². The van der Waals surface area contributed by atoms with Gasteiger partial charge in [0.05, 0.1) is 0 Å². The SMILES string of the molecule is CNC(CC1CCN(C)C1)c1ccccc1. The normalized spacial score (nSPS) is 23.5. The van der Waals surface area contributed by atoms with Crippen LogP contribution in [-0.4, -0.2) is 32.1 Å². The zero-order valence-corrected chi connectivity index (χ0v) is 10.3. The van der Waals surface area contributed by atoms with Crippen LogP contribution >= 0.6 is 0 Å². The highest BCUT2D eigenvalue weighted by Gasteiger charge is 2.22. The van der Waals surface area contributed by atoms with Crippen LogP contribution < -0.4 is 5.32 Å². The van der Waals surface area contributed by atoms with E-state index in [1.54, 1.807) is 0 Å². The van der Waals surface area contributed by atoms with Crippen molar-refractivity contribution in [2.75, 3.05) is 27.2 Å². The minimum absolute atomic E-state index is 0.512. The molecule has 1 aliphatic heterocycles. The van der Waals surface area contributed by atoms with E-state index in [-0.39, 0.29) is 0 Å². The summed E-state index contributed by atoms with van der Waals surface area (Å²) < 4.78 is 0. The second kappa shape index (κ2) is 5.46. The van der Waals surface area contributed by atoms with Crippen LogP contribution in [0.5, 0.6) is 0 Å². The molecule has 1 saturated heterocycles. The fourth-order valence-electron chi connectivity index (χ4n) is 2.66. The summed E-state index contributed by atoms with van der Waals surface area (Å²) in [6, 6.07) is 11.3. The van der Waals surface area contributed by atoms with Crippen molar-refractivity contribution in [2.24, 2.45) is 5.92 Å². The van der Waals surface area contributed by atoms with Crippen molar-refractivity contribution < 1.29 is 0 Å². The highest BCUT2D eigenvalue weighted by atomic mass is 15.1. The van der Waals surface area contributed by atoms with Gasteiger partial charge in [-0.15, -0.1) is 0 Å². The molecule has 1 heterocycles. The Bertz CT molecular complexity index is 310. The van der Waals surface area contributed by atoms with Gasteiger partial charge in [-0.1, -0.05) is 30.3 Å². The number of rotatable bonds is 4. The number of nitrogens with zero attached hydrogens (tertiary/aromatic N) is 1. The first-order valence-corrected chi connectivity index (χ1v) is 6.20. The first kappa shape index (κ1) is 11.6. The summed E-state index contributed by atoms with van der Waals surface area (Å²) in [6.45, 7) is 2.51. The highest BCUT2D eigenvalue weighted by Crippen LogP contribution is 2.26. The van der Waals surface area contributed by atoms with E-state index in [1.807, 2.05) is 0 Å². The maximum Gasteiger partial charge on any atom is 0.0320 e. The summed E-state index contributed by atoms with van der Waals surface area (Å²) in [5, 5.41) is 3.44. The first-order valence-electron chi connectivity index (χ1n) is 6.20. The van der Waals surface area contributed by atoms with E-state index in [0.29, 0.717) is 6.04 Å². The minimum atomic E-state index is 0.512. The van der Waals surface area contributed by atoms with E-state index < -0.39 is 0 Å². The summed E-state index contributed by atoms with van der Waals surface area (Å²) in [7, 11) is 4.28. The van der Waals surface area contributed by atoms with Gasteiger partial charge in [-0.3, -0.25) is 0 Å². The quantitative estimate of drug-likeness (QED) is 0.834. The van der Waals surface area contributed by atoms with Crippen molar-refractivity contribution in [1.29, 1.82) is 0 Å². The Hall–Kier alpha value is -0.860. The van der Waals surface area contributed by atoms with E-state index in [0.717, 1.165) is 5.92 Å². The molecule has 2 nitrogen and oxygen atoms in total. The van der Waals surface area contributed by atoms with E-state index in [4.69, 9.17) is 0 Å². The van der Waals surface area contributed by atoms with Crippen molar-refractivity contribution in [3.8, 4) is 0 Å². The van der Waals surface area contributed by atoms with Gasteiger partial charge in [0.2, 0.25) is 0 Å².